The third-order valence-electron chi connectivity index (χ3n) is 6.52. The first kappa shape index (κ1) is 13.8. The van der Waals surface area contributed by atoms with Gasteiger partial charge in [0.2, 0.25) is 0 Å². The second-order valence-corrected chi connectivity index (χ2v) is 7.79. The number of hydrogen-bond donors (Lipinski definition) is 1. The SMILES string of the molecule is c1ccc2c(c1)CCCC2NC1CCC2(CCCC2)CC1. The van der Waals surface area contributed by atoms with E-state index in [0.717, 1.165) is 11.5 Å². The van der Waals surface area contributed by atoms with E-state index < -0.39 is 0 Å². The van der Waals surface area contributed by atoms with Gasteiger partial charge in [-0.2, -0.15) is 0 Å². The van der Waals surface area contributed by atoms with Crippen molar-refractivity contribution >= 4 is 0 Å². The first-order chi connectivity index (χ1) is 10.3. The van der Waals surface area contributed by atoms with Crippen molar-refractivity contribution in [3.63, 3.8) is 0 Å². The topological polar surface area (TPSA) is 12.0 Å². The standard InChI is InChI=1S/C20H29N/c1-2-8-18-16(6-1)7-5-9-19(18)21-17-10-14-20(15-11-17)12-3-4-13-20/h1-2,6,8,17,19,21H,3-5,7,9-15H2. The van der Waals surface area contributed by atoms with Crippen LogP contribution < -0.4 is 5.32 Å². The number of rotatable bonds is 2. The number of fused-ring (bicyclic) bond motifs is 1. The summed E-state index contributed by atoms with van der Waals surface area (Å²) in [6.07, 6.45) is 15.8. The lowest BCUT2D eigenvalue weighted by molar-refractivity contribution is 0.160. The van der Waals surface area contributed by atoms with Gasteiger partial charge in [-0.3, -0.25) is 0 Å². The van der Waals surface area contributed by atoms with Crippen LogP contribution in [0.4, 0.5) is 0 Å². The van der Waals surface area contributed by atoms with E-state index in [1.165, 1.54) is 70.6 Å². The van der Waals surface area contributed by atoms with Gasteiger partial charge >= 0.3 is 0 Å². The highest BCUT2D eigenvalue weighted by Crippen LogP contribution is 2.49. The van der Waals surface area contributed by atoms with Crippen LogP contribution in [0, 0.1) is 5.41 Å². The molecule has 0 amide bonds. The number of benzene rings is 1. The molecule has 21 heavy (non-hydrogen) atoms. The Morgan fingerprint density at radius 2 is 1.62 bits per heavy atom. The van der Waals surface area contributed by atoms with Gasteiger partial charge in [0, 0.05) is 12.1 Å². The Balaban J connectivity index is 1.39. The van der Waals surface area contributed by atoms with E-state index in [-0.39, 0.29) is 0 Å². The molecule has 1 nitrogen and oxygen atoms in total. The van der Waals surface area contributed by atoms with Crippen LogP contribution in [0.3, 0.4) is 0 Å². The van der Waals surface area contributed by atoms with Crippen molar-refractivity contribution < 1.29 is 0 Å². The molecule has 1 aromatic rings. The highest BCUT2D eigenvalue weighted by Gasteiger charge is 2.38. The van der Waals surface area contributed by atoms with Crippen LogP contribution in [0.1, 0.15) is 81.4 Å². The summed E-state index contributed by atoms with van der Waals surface area (Å²) in [4.78, 5) is 0. The summed E-state index contributed by atoms with van der Waals surface area (Å²) >= 11 is 0. The van der Waals surface area contributed by atoms with Gasteiger partial charge in [-0.05, 0) is 74.3 Å². The summed E-state index contributed by atoms with van der Waals surface area (Å²) in [5.41, 5.74) is 3.94. The first-order valence-electron chi connectivity index (χ1n) is 9.19. The van der Waals surface area contributed by atoms with Crippen molar-refractivity contribution in [2.45, 2.75) is 82.7 Å². The van der Waals surface area contributed by atoms with Crippen molar-refractivity contribution in [2.75, 3.05) is 0 Å². The quantitative estimate of drug-likeness (QED) is 0.791. The second kappa shape index (κ2) is 5.76. The van der Waals surface area contributed by atoms with Crippen LogP contribution in [0.5, 0.6) is 0 Å². The fraction of sp³-hybridized carbons (Fsp3) is 0.700. The fourth-order valence-corrected chi connectivity index (χ4v) is 5.23. The molecule has 3 aliphatic rings. The molecule has 114 valence electrons. The molecule has 0 bridgehead atoms. The minimum Gasteiger partial charge on any atom is -0.307 e. The van der Waals surface area contributed by atoms with Gasteiger partial charge < -0.3 is 5.32 Å². The van der Waals surface area contributed by atoms with E-state index in [1.807, 2.05) is 0 Å². The molecule has 1 heteroatoms. The minimum absolute atomic E-state index is 0.623. The molecule has 1 unspecified atom stereocenters. The van der Waals surface area contributed by atoms with Crippen molar-refractivity contribution in [1.82, 2.24) is 5.32 Å². The first-order valence-corrected chi connectivity index (χ1v) is 9.19. The van der Waals surface area contributed by atoms with Gasteiger partial charge in [0.05, 0.1) is 0 Å². The van der Waals surface area contributed by atoms with E-state index in [1.54, 1.807) is 11.1 Å². The molecule has 0 aliphatic heterocycles. The van der Waals surface area contributed by atoms with E-state index >= 15 is 0 Å². The largest absolute Gasteiger partial charge is 0.307 e. The number of nitrogens with one attached hydrogen (secondary N) is 1. The molecule has 2 fully saturated rings. The zero-order valence-electron chi connectivity index (χ0n) is 13.2. The summed E-state index contributed by atoms with van der Waals surface area (Å²) in [5, 5.41) is 4.02. The van der Waals surface area contributed by atoms with Gasteiger partial charge in [0.15, 0.2) is 0 Å². The maximum absolute atomic E-state index is 4.02. The van der Waals surface area contributed by atoms with E-state index in [4.69, 9.17) is 0 Å². The summed E-state index contributed by atoms with van der Waals surface area (Å²) in [7, 11) is 0. The molecule has 1 aromatic carbocycles. The highest BCUT2D eigenvalue weighted by atomic mass is 15.0. The summed E-state index contributed by atoms with van der Waals surface area (Å²) in [5.74, 6) is 0. The Hall–Kier alpha value is -0.820. The van der Waals surface area contributed by atoms with Gasteiger partial charge in [-0.15, -0.1) is 0 Å². The highest BCUT2D eigenvalue weighted by molar-refractivity contribution is 5.32. The van der Waals surface area contributed by atoms with Crippen LogP contribution in [-0.4, -0.2) is 6.04 Å². The second-order valence-electron chi connectivity index (χ2n) is 7.79. The van der Waals surface area contributed by atoms with Crippen LogP contribution in [0.15, 0.2) is 24.3 Å². The van der Waals surface area contributed by atoms with Crippen LogP contribution in [-0.2, 0) is 6.42 Å². The Kier molecular flexibility index (Phi) is 3.79. The molecule has 1 atom stereocenters. The van der Waals surface area contributed by atoms with Crippen LogP contribution in [0.2, 0.25) is 0 Å². The Morgan fingerprint density at radius 1 is 0.857 bits per heavy atom. The number of hydrogen-bond acceptors (Lipinski definition) is 1. The normalized spacial score (nSPS) is 28.7. The summed E-state index contributed by atoms with van der Waals surface area (Å²) in [6, 6.07) is 10.5. The van der Waals surface area contributed by atoms with Gasteiger partial charge in [-0.1, -0.05) is 37.1 Å². The Morgan fingerprint density at radius 3 is 2.43 bits per heavy atom. The lowest BCUT2D eigenvalue weighted by atomic mass is 9.71. The molecular formula is C20H29N. The lowest BCUT2D eigenvalue weighted by Gasteiger charge is -2.39. The average molecular weight is 283 g/mol. The monoisotopic (exact) mass is 283 g/mol. The van der Waals surface area contributed by atoms with Crippen LogP contribution in [0.25, 0.3) is 0 Å². The predicted octanol–water partition coefficient (Wildman–Crippen LogP) is 5.16. The zero-order chi connectivity index (χ0) is 14.1. The molecule has 1 spiro atoms. The molecule has 3 aliphatic carbocycles. The van der Waals surface area contributed by atoms with Crippen LogP contribution >= 0.6 is 0 Å². The summed E-state index contributed by atoms with van der Waals surface area (Å²) < 4.78 is 0. The molecule has 0 radical (unpaired) electrons. The maximum Gasteiger partial charge on any atom is 0.0325 e. The number of aryl methyl sites for hydroxylation is 1. The van der Waals surface area contributed by atoms with Gasteiger partial charge in [0.1, 0.15) is 0 Å². The van der Waals surface area contributed by atoms with Gasteiger partial charge in [0.25, 0.3) is 0 Å². The Bertz CT molecular complexity index is 476. The van der Waals surface area contributed by atoms with Gasteiger partial charge in [-0.25, -0.2) is 0 Å². The third kappa shape index (κ3) is 2.77. The molecule has 2 saturated carbocycles. The molecule has 0 saturated heterocycles. The molecule has 0 heterocycles. The van der Waals surface area contributed by atoms with Crippen molar-refractivity contribution in [3.8, 4) is 0 Å². The van der Waals surface area contributed by atoms with E-state index in [0.29, 0.717) is 6.04 Å². The third-order valence-corrected chi connectivity index (χ3v) is 6.52. The lowest BCUT2D eigenvalue weighted by Crippen LogP contribution is -2.39. The average Bonchev–Trinajstić information content (AvgIpc) is 2.99. The van der Waals surface area contributed by atoms with Crippen molar-refractivity contribution in [3.05, 3.63) is 35.4 Å². The molecular weight excluding hydrogens is 254 g/mol. The fourth-order valence-electron chi connectivity index (χ4n) is 5.23. The van der Waals surface area contributed by atoms with E-state index in [2.05, 4.69) is 29.6 Å². The van der Waals surface area contributed by atoms with Crippen molar-refractivity contribution in [1.29, 1.82) is 0 Å². The minimum atomic E-state index is 0.623. The summed E-state index contributed by atoms with van der Waals surface area (Å²) in [6.45, 7) is 0. The molecule has 1 N–H and O–H groups in total. The smallest absolute Gasteiger partial charge is 0.0325 e. The Labute approximate surface area is 129 Å². The molecule has 4 rings (SSSR count). The van der Waals surface area contributed by atoms with Crippen molar-refractivity contribution in [2.24, 2.45) is 5.41 Å². The van der Waals surface area contributed by atoms with E-state index in [9.17, 15) is 0 Å². The predicted molar refractivity (Wildman–Crippen MR) is 88.4 cm³/mol. The maximum atomic E-state index is 4.02. The molecule has 0 aromatic heterocycles. The zero-order valence-corrected chi connectivity index (χ0v) is 13.2.